The molecule has 14 heteroatoms. The maximum absolute atomic E-state index is 8.45. The molecule has 25 aromatic rings. The fourth-order valence-corrected chi connectivity index (χ4v) is 23.9. The Morgan fingerprint density at radius 3 is 0.900 bits per heavy atom. The maximum atomic E-state index is 8.45. The largest absolute Gasteiger partial charge is 0.454 e. The minimum atomic E-state index is -2.85. The van der Waals surface area contributed by atoms with Gasteiger partial charge in [-0.25, -0.2) is 22.8 Å². The van der Waals surface area contributed by atoms with Gasteiger partial charge in [-0.15, -0.1) is 0 Å². The van der Waals surface area contributed by atoms with Crippen LogP contribution in [0.25, 0.3) is 222 Å². The van der Waals surface area contributed by atoms with Crippen molar-refractivity contribution in [1.29, 1.82) is 0 Å². The Labute approximate surface area is 909 Å². The molecule has 5 aliphatic carbocycles. The average molecular weight is 1980 g/mol. The average Bonchev–Trinajstić information content (AvgIpc) is 1.52. The molecule has 730 valence electrons. The Balaban J connectivity index is 0.000000107. The van der Waals surface area contributed by atoms with Gasteiger partial charge in [0.25, 0.3) is 0 Å². The highest BCUT2D eigenvalue weighted by molar-refractivity contribution is 6.20. The van der Waals surface area contributed by atoms with Crippen LogP contribution in [-0.4, -0.2) is 19.9 Å². The Morgan fingerprint density at radius 2 is 0.500 bits per heavy atom. The maximum Gasteiger partial charge on any atom is 0.216 e. The Hall–Kier alpha value is -17.2. The van der Waals surface area contributed by atoms with Gasteiger partial charge in [0, 0.05) is 244 Å². The highest BCUT2D eigenvalue weighted by Gasteiger charge is 2.45. The van der Waals surface area contributed by atoms with Gasteiger partial charge in [-0.3, -0.25) is 19.9 Å². The van der Waals surface area contributed by atoms with E-state index < -0.39 is 88.7 Å². The van der Waals surface area contributed by atoms with E-state index in [1.54, 1.807) is 117 Å². The van der Waals surface area contributed by atoms with Crippen molar-refractivity contribution in [2.75, 3.05) is 0 Å². The van der Waals surface area contributed by atoms with Crippen molar-refractivity contribution in [3.05, 3.63) is 425 Å². The molecule has 0 saturated heterocycles. The van der Waals surface area contributed by atoms with Crippen molar-refractivity contribution in [3.8, 4) is 112 Å². The van der Waals surface area contributed by atoms with Crippen molar-refractivity contribution < 1.29 is 81.9 Å². The molecule has 1 atom stereocenters. The number of benzene rings is 11. The van der Waals surface area contributed by atoms with Crippen LogP contribution in [0, 0.1) is 34.6 Å². The molecule has 0 amide bonds. The van der Waals surface area contributed by atoms with Gasteiger partial charge in [-0.1, -0.05) is 226 Å². The third-order valence-corrected chi connectivity index (χ3v) is 31.4. The summed E-state index contributed by atoms with van der Waals surface area (Å²) >= 11 is 0. The van der Waals surface area contributed by atoms with E-state index in [0.717, 1.165) is 160 Å². The number of furan rings is 5. The summed E-state index contributed by atoms with van der Waals surface area (Å²) < 4.78 is 271. The van der Waals surface area contributed by atoms with Crippen molar-refractivity contribution in [2.45, 2.75) is 130 Å². The lowest BCUT2D eigenvalue weighted by molar-refractivity contribution is -0.660. The molecule has 14 nitrogen and oxygen atoms in total. The third-order valence-electron chi connectivity index (χ3n) is 31.4. The zero-order valence-corrected chi connectivity index (χ0v) is 83.9. The summed E-state index contributed by atoms with van der Waals surface area (Å²) in [6, 6.07) is 85.0. The third kappa shape index (κ3) is 13.6. The van der Waals surface area contributed by atoms with E-state index in [1.165, 1.54) is 18.5 Å². The molecule has 0 fully saturated rings. The second-order valence-electron chi connectivity index (χ2n) is 40.3. The summed E-state index contributed by atoms with van der Waals surface area (Å²) in [5, 5.41) is 7.67. The zero-order valence-electron chi connectivity index (χ0n) is 111. The molecule has 0 saturated carbocycles. The molecule has 0 aliphatic heterocycles. The van der Waals surface area contributed by atoms with Crippen molar-refractivity contribution in [1.82, 2.24) is 19.9 Å². The lowest BCUT2D eigenvalue weighted by Gasteiger charge is -2.21. The van der Waals surface area contributed by atoms with Crippen LogP contribution < -0.4 is 22.8 Å². The summed E-state index contributed by atoms with van der Waals surface area (Å²) in [6.45, 7) is -12.9. The second kappa shape index (κ2) is 33.9. The first-order valence-electron chi connectivity index (χ1n) is 63.3. The molecule has 150 heavy (non-hydrogen) atoms. The first kappa shape index (κ1) is 67.5. The minimum Gasteiger partial charge on any atom is -0.454 e. The van der Waals surface area contributed by atoms with Crippen LogP contribution in [0.15, 0.2) is 363 Å². The zero-order chi connectivity index (χ0) is 126. The van der Waals surface area contributed by atoms with Gasteiger partial charge in [-0.2, -0.15) is 0 Å². The number of hydrogen-bond donors (Lipinski definition) is 0. The minimum absolute atomic E-state index is 0.179. The van der Waals surface area contributed by atoms with Crippen molar-refractivity contribution >= 4 is 110 Å². The van der Waals surface area contributed by atoms with Crippen molar-refractivity contribution in [3.63, 3.8) is 0 Å². The van der Waals surface area contributed by atoms with Crippen LogP contribution in [-0.2, 0) is 62.3 Å². The standard InChI is InChI=1S/C28H24NO.4C27H23N2O/c1-17-12-13-18-19-14-15-22-25(20-9-5-6-10-21(20)28(22,2)3)27(19)30-26(18)24(17)23-11-7-8-16-29(23)4;1-16-10-11-17-18-12-13-19-23(24-20(27(19,2)3)8-7-14-28-24)26(18)30-25(17)22(16)21-9-5-6-15-29(21)4;1-16-12-13-18-24-26(30-25(18)22(16)21-11-7-8-14-29(21)4)23-17-9-5-6-10-19(17)27(2,3)20(23)15-28-24;1-16-8-9-17-18-10-11-21-24(19-15-28-13-12-20(19)27(21,2)3)26(18)30-25(17)23(16)22-7-5-6-14-29(22)4;1-16-8-9-17-18-10-11-20-24(19-12-13-28-15-21(19)27(20,2)3)26(18)30-25(17)23(16)22-7-5-6-14-29(22)4/h5-16H,1-4H3;4*5-15H,1-4H3/q5*+1/i2*2D3,3D3;2D3;2*2D3,3D3. The molecule has 0 N–H and O–H groups in total. The van der Waals surface area contributed by atoms with E-state index in [2.05, 4.69) is 44.6 Å². The number of hydrogen-bond acceptors (Lipinski definition) is 9. The fraction of sp³-hybridized carbons (Fsp3) is 0.184. The molecule has 0 radical (unpaired) electrons. The first-order valence-corrected chi connectivity index (χ1v) is 49.8. The molecule has 5 aliphatic rings. The molecule has 11 aromatic carbocycles. The number of nitrogens with zero attached hydrogens (tertiary/aromatic N) is 9. The van der Waals surface area contributed by atoms with Gasteiger partial charge in [-0.05, 0) is 189 Å². The normalized spacial score (nSPS) is 18.3. The van der Waals surface area contributed by atoms with Crippen LogP contribution in [0.1, 0.15) is 189 Å². The molecule has 0 bridgehead atoms. The van der Waals surface area contributed by atoms with E-state index >= 15 is 0 Å². The number of rotatable bonds is 5. The molecule has 14 heterocycles. The predicted octanol–water partition coefficient (Wildman–Crippen LogP) is 31.0. The van der Waals surface area contributed by atoms with Gasteiger partial charge >= 0.3 is 0 Å². The van der Waals surface area contributed by atoms with Crippen LogP contribution in [0.2, 0.25) is 0 Å². The van der Waals surface area contributed by atoms with Crippen LogP contribution in [0.4, 0.5) is 0 Å². The Morgan fingerprint density at radius 1 is 0.213 bits per heavy atom. The van der Waals surface area contributed by atoms with Crippen LogP contribution in [0.3, 0.4) is 0 Å². The second-order valence-corrected chi connectivity index (χ2v) is 40.3. The summed E-state index contributed by atoms with van der Waals surface area (Å²) in [7, 11) is 9.90. The molecular weight excluding hydrogens is 1840 g/mol. The first-order chi connectivity index (χ1) is 83.7. The number of aromatic nitrogens is 9. The summed E-state index contributed by atoms with van der Waals surface area (Å²) in [5.74, 6) is 0. The van der Waals surface area contributed by atoms with Gasteiger partial charge in [0.05, 0.1) is 33.5 Å². The van der Waals surface area contributed by atoms with Gasteiger partial charge < -0.3 is 22.1 Å². The SMILES string of the molecule is [2H]C([2H])([2H])C1(C([2H])([2H])[2H])c2ccccc2-c2c1ccc1c2oc2c(-c3cccc[n+]3C)c(C)ccc21.[2H]C([2H])([2H])C1(C([2H])([2H])[2H])c2cccnc2-c2c1ccc1c2oc2c(-c3cccc[n+]3C)c(C)ccc21.[2H]C([2H])([2H])C1(C([2H])([2H])[2H])c2ccncc2-c2c1ccc1c2oc2c(-c3cccc[n+]3C)c(C)ccc21.[2H]C([2H])([2H])C1(C([2H])([2H])[2H])c2cnccc2-c2c1ccc1c2oc2c(-c3cccc[n+]3C)c(C)ccc21.[2H]C([2H])([2H])C1(C)c2ccccc2-c2c1cnc1c2oc2c(-c3cccc[n+]3C)c(C)ccc21. The van der Waals surface area contributed by atoms with Gasteiger partial charge in [0.15, 0.2) is 42.2 Å². The van der Waals surface area contributed by atoms with Crippen LogP contribution >= 0.6 is 0 Å². The molecule has 30 rings (SSSR count). The molecule has 14 aromatic heterocycles. The predicted molar refractivity (Wildman–Crippen MR) is 604 cm³/mol. The van der Waals surface area contributed by atoms with Gasteiger partial charge in [0.2, 0.25) is 28.5 Å². The van der Waals surface area contributed by atoms with Crippen LogP contribution in [0.5, 0.6) is 0 Å². The number of aryl methyl sites for hydroxylation is 10. The lowest BCUT2D eigenvalue weighted by Crippen LogP contribution is -2.30. The fourth-order valence-electron chi connectivity index (χ4n) is 23.9. The van der Waals surface area contributed by atoms with E-state index in [9.17, 15) is 0 Å². The molecule has 1 unspecified atom stereocenters. The highest BCUT2D eigenvalue weighted by atomic mass is 16.3. The number of pyridine rings is 9. The summed E-state index contributed by atoms with van der Waals surface area (Å²) in [6.07, 6.45) is 19.1. The van der Waals surface area contributed by atoms with E-state index in [4.69, 9.17) is 64.1 Å². The quantitative estimate of drug-likeness (QED) is 0.154. The van der Waals surface area contributed by atoms with Gasteiger partial charge in [0.1, 0.15) is 85.4 Å². The highest BCUT2D eigenvalue weighted by Crippen LogP contribution is 2.60. The smallest absolute Gasteiger partial charge is 0.216 e. The lowest BCUT2D eigenvalue weighted by atomic mass is 9.82. The van der Waals surface area contributed by atoms with Crippen molar-refractivity contribution in [2.24, 2.45) is 35.2 Å². The Kier molecular flexibility index (Phi) is 15.3. The van der Waals surface area contributed by atoms with E-state index in [0.29, 0.717) is 106 Å². The number of fused-ring (bicyclic) bond motifs is 35. The van der Waals surface area contributed by atoms with E-state index in [-0.39, 0.29) is 38.9 Å². The van der Waals surface area contributed by atoms with E-state index in [1.807, 2.05) is 276 Å². The Bertz CT molecular complexity index is 10200. The monoisotopic (exact) mass is 1980 g/mol. The topological polar surface area (TPSA) is 137 Å². The summed E-state index contributed by atoms with van der Waals surface area (Å²) in [4.78, 5) is 17.6. The summed E-state index contributed by atoms with van der Waals surface area (Å²) in [5.41, 5.74) is 20.8. The molecule has 0 spiro atoms. The molecular formula is C136H116N9O5+5.